The molecule has 5 heteroatoms. The van der Waals surface area contributed by atoms with Crippen molar-refractivity contribution in [3.8, 4) is 5.75 Å². The first-order chi connectivity index (χ1) is 8.44. The van der Waals surface area contributed by atoms with Gasteiger partial charge in [-0.05, 0) is 31.1 Å². The number of nitrogens with zero attached hydrogens (tertiary/aromatic N) is 1. The molecule has 0 saturated carbocycles. The van der Waals surface area contributed by atoms with E-state index in [0.717, 1.165) is 13.1 Å². The van der Waals surface area contributed by atoms with Gasteiger partial charge in [0.05, 0.1) is 0 Å². The van der Waals surface area contributed by atoms with Gasteiger partial charge in [-0.3, -0.25) is 0 Å². The summed E-state index contributed by atoms with van der Waals surface area (Å²) in [5, 5.41) is 0. The molecule has 1 aromatic rings. The number of likely N-dealkylation sites (N-methyl/N-ethyl adjacent to an activating group) is 1. The molecule has 0 fully saturated rings. The lowest BCUT2D eigenvalue weighted by Crippen LogP contribution is -2.38. The summed E-state index contributed by atoms with van der Waals surface area (Å²) in [4.78, 5) is 2.15. The van der Waals surface area contributed by atoms with Crippen molar-refractivity contribution in [3.05, 3.63) is 30.1 Å². The summed E-state index contributed by atoms with van der Waals surface area (Å²) >= 11 is 0. The first-order valence-corrected chi connectivity index (χ1v) is 6.20. The van der Waals surface area contributed by atoms with E-state index in [4.69, 9.17) is 10.5 Å². The van der Waals surface area contributed by atoms with E-state index in [9.17, 15) is 4.39 Å². The van der Waals surface area contributed by atoms with Crippen LogP contribution < -0.4 is 10.5 Å². The summed E-state index contributed by atoms with van der Waals surface area (Å²) < 4.78 is 18.7. The lowest BCUT2D eigenvalue weighted by Gasteiger charge is -2.28. The second-order valence-electron chi connectivity index (χ2n) is 5.39. The normalized spacial score (nSPS) is 11.3. The van der Waals surface area contributed by atoms with Crippen LogP contribution in [0.4, 0.5) is 4.39 Å². The van der Waals surface area contributed by atoms with Crippen LogP contribution in [0.25, 0.3) is 0 Å². The van der Waals surface area contributed by atoms with Crippen molar-refractivity contribution < 1.29 is 9.13 Å². The van der Waals surface area contributed by atoms with Crippen molar-refractivity contribution in [1.29, 1.82) is 0 Å². The van der Waals surface area contributed by atoms with E-state index in [1.807, 2.05) is 7.05 Å². The van der Waals surface area contributed by atoms with E-state index in [1.165, 1.54) is 6.07 Å². The number of halogens is 2. The van der Waals surface area contributed by atoms with Crippen LogP contribution >= 0.6 is 12.4 Å². The van der Waals surface area contributed by atoms with Gasteiger partial charge in [0.15, 0.2) is 11.6 Å². The Kier molecular flexibility index (Phi) is 7.99. The molecule has 0 amide bonds. The molecule has 1 rings (SSSR count). The predicted molar refractivity (Wildman–Crippen MR) is 79.5 cm³/mol. The van der Waals surface area contributed by atoms with Crippen LogP contribution in [-0.4, -0.2) is 38.2 Å². The Balaban J connectivity index is 0.00000324. The van der Waals surface area contributed by atoms with Gasteiger partial charge in [-0.1, -0.05) is 26.0 Å². The highest BCUT2D eigenvalue weighted by Crippen LogP contribution is 2.16. The summed E-state index contributed by atoms with van der Waals surface area (Å²) in [5.74, 6) is -0.00794. The van der Waals surface area contributed by atoms with Gasteiger partial charge < -0.3 is 15.4 Å². The van der Waals surface area contributed by atoms with E-state index >= 15 is 0 Å². The summed E-state index contributed by atoms with van der Waals surface area (Å²) in [6.45, 7) is 7.01. The molecule has 0 radical (unpaired) electrons. The molecule has 0 aromatic heterocycles. The van der Waals surface area contributed by atoms with Crippen molar-refractivity contribution >= 4 is 12.4 Å². The minimum absolute atomic E-state index is 0. The van der Waals surface area contributed by atoms with Crippen molar-refractivity contribution in [1.82, 2.24) is 4.90 Å². The number of ether oxygens (including phenoxy) is 1. The molecule has 110 valence electrons. The van der Waals surface area contributed by atoms with Crippen LogP contribution in [0.5, 0.6) is 5.75 Å². The van der Waals surface area contributed by atoms with Gasteiger partial charge in [-0.2, -0.15) is 0 Å². The molecular formula is C14H24ClFN2O. The SMILES string of the molecule is CN(CCOc1ccccc1F)CC(C)(C)CN.Cl. The van der Waals surface area contributed by atoms with Crippen LogP contribution in [0.1, 0.15) is 13.8 Å². The monoisotopic (exact) mass is 290 g/mol. The van der Waals surface area contributed by atoms with Crippen molar-refractivity contribution in [2.75, 3.05) is 33.3 Å². The molecule has 0 unspecified atom stereocenters. The first kappa shape index (κ1) is 18.2. The fraction of sp³-hybridized carbons (Fsp3) is 0.571. The fourth-order valence-corrected chi connectivity index (χ4v) is 1.75. The highest BCUT2D eigenvalue weighted by atomic mass is 35.5. The number of para-hydroxylation sites is 1. The van der Waals surface area contributed by atoms with Gasteiger partial charge >= 0.3 is 0 Å². The Labute approximate surface area is 121 Å². The van der Waals surface area contributed by atoms with E-state index < -0.39 is 0 Å². The lowest BCUT2D eigenvalue weighted by molar-refractivity contribution is 0.179. The topological polar surface area (TPSA) is 38.5 Å². The standard InChI is InChI=1S/C14H23FN2O.ClH/c1-14(2,10-16)11-17(3)8-9-18-13-7-5-4-6-12(13)15;/h4-7H,8-11,16H2,1-3H3;1H. The van der Waals surface area contributed by atoms with Gasteiger partial charge in [0, 0.05) is 13.1 Å². The minimum Gasteiger partial charge on any atom is -0.489 e. The van der Waals surface area contributed by atoms with Crippen molar-refractivity contribution in [2.24, 2.45) is 11.1 Å². The zero-order chi connectivity index (χ0) is 13.6. The highest BCUT2D eigenvalue weighted by Gasteiger charge is 2.17. The molecule has 0 heterocycles. The molecule has 0 bridgehead atoms. The quantitative estimate of drug-likeness (QED) is 0.839. The second-order valence-corrected chi connectivity index (χ2v) is 5.39. The van der Waals surface area contributed by atoms with Crippen LogP contribution in [0.15, 0.2) is 24.3 Å². The maximum Gasteiger partial charge on any atom is 0.165 e. The number of hydrogen-bond donors (Lipinski definition) is 1. The summed E-state index contributed by atoms with van der Waals surface area (Å²) in [7, 11) is 2.02. The van der Waals surface area contributed by atoms with Gasteiger partial charge in [0.2, 0.25) is 0 Å². The van der Waals surface area contributed by atoms with Crippen LogP contribution in [0, 0.1) is 11.2 Å². The summed E-state index contributed by atoms with van der Waals surface area (Å²) in [5.41, 5.74) is 5.78. The molecule has 3 nitrogen and oxygen atoms in total. The zero-order valence-corrected chi connectivity index (χ0v) is 12.7. The third-order valence-corrected chi connectivity index (χ3v) is 2.82. The molecule has 0 saturated heterocycles. The van der Waals surface area contributed by atoms with Gasteiger partial charge in [-0.25, -0.2) is 4.39 Å². The van der Waals surface area contributed by atoms with Gasteiger partial charge in [-0.15, -0.1) is 12.4 Å². The second kappa shape index (κ2) is 8.35. The lowest BCUT2D eigenvalue weighted by atomic mass is 9.93. The number of hydrogen-bond acceptors (Lipinski definition) is 3. The van der Waals surface area contributed by atoms with E-state index in [1.54, 1.807) is 18.2 Å². The third kappa shape index (κ3) is 6.76. The van der Waals surface area contributed by atoms with Crippen molar-refractivity contribution in [2.45, 2.75) is 13.8 Å². The largest absolute Gasteiger partial charge is 0.489 e. The van der Waals surface area contributed by atoms with E-state index in [-0.39, 0.29) is 23.6 Å². The molecule has 19 heavy (non-hydrogen) atoms. The number of benzene rings is 1. The Hall–Kier alpha value is -0.840. The molecule has 0 aliphatic rings. The zero-order valence-electron chi connectivity index (χ0n) is 11.9. The minimum atomic E-state index is -0.317. The predicted octanol–water partition coefficient (Wildman–Crippen LogP) is 2.54. The molecule has 2 N–H and O–H groups in total. The average Bonchev–Trinajstić information content (AvgIpc) is 2.31. The molecule has 0 atom stereocenters. The molecule has 1 aromatic carbocycles. The molecular weight excluding hydrogens is 267 g/mol. The number of nitrogens with two attached hydrogens (primary N) is 1. The Morgan fingerprint density at radius 2 is 1.95 bits per heavy atom. The van der Waals surface area contributed by atoms with Crippen LogP contribution in [-0.2, 0) is 0 Å². The molecule has 0 aliphatic heterocycles. The Morgan fingerprint density at radius 3 is 2.53 bits per heavy atom. The Morgan fingerprint density at radius 1 is 1.32 bits per heavy atom. The Bertz CT molecular complexity index is 374. The third-order valence-electron chi connectivity index (χ3n) is 2.82. The average molecular weight is 291 g/mol. The van der Waals surface area contributed by atoms with Crippen LogP contribution in [0.3, 0.4) is 0 Å². The van der Waals surface area contributed by atoms with Gasteiger partial charge in [0.25, 0.3) is 0 Å². The summed E-state index contributed by atoms with van der Waals surface area (Å²) in [6.07, 6.45) is 0. The van der Waals surface area contributed by atoms with Gasteiger partial charge in [0.1, 0.15) is 6.61 Å². The first-order valence-electron chi connectivity index (χ1n) is 6.20. The summed E-state index contributed by atoms with van der Waals surface area (Å²) in [6, 6.07) is 6.45. The maximum atomic E-state index is 13.3. The van der Waals surface area contributed by atoms with E-state index in [0.29, 0.717) is 18.9 Å². The van der Waals surface area contributed by atoms with E-state index in [2.05, 4.69) is 18.7 Å². The smallest absolute Gasteiger partial charge is 0.165 e. The molecule has 0 spiro atoms. The maximum absolute atomic E-state index is 13.3. The van der Waals surface area contributed by atoms with Crippen LogP contribution in [0.2, 0.25) is 0 Å². The number of rotatable bonds is 7. The van der Waals surface area contributed by atoms with Crippen molar-refractivity contribution in [3.63, 3.8) is 0 Å². The molecule has 0 aliphatic carbocycles. The highest BCUT2D eigenvalue weighted by molar-refractivity contribution is 5.85. The fourth-order valence-electron chi connectivity index (χ4n) is 1.75.